The summed E-state index contributed by atoms with van der Waals surface area (Å²) in [5, 5.41) is 8.44. The Bertz CT molecular complexity index is 925. The molecule has 134 valence electrons. The van der Waals surface area contributed by atoms with E-state index in [1.54, 1.807) is 24.3 Å². The molecule has 0 amide bonds. The Balaban J connectivity index is 1.74. The maximum absolute atomic E-state index is 11.6. The quantitative estimate of drug-likeness (QED) is 0.607. The first-order chi connectivity index (χ1) is 12.6. The third-order valence-electron chi connectivity index (χ3n) is 3.51. The molecule has 0 saturated carbocycles. The minimum Gasteiger partial charge on any atom is -0.493 e. The molecule has 1 aromatic heterocycles. The molecule has 0 aliphatic carbocycles. The van der Waals surface area contributed by atoms with Crippen molar-refractivity contribution in [3.05, 3.63) is 58.9 Å². The second-order valence-electron chi connectivity index (χ2n) is 5.13. The number of benzene rings is 2. The molecule has 0 unspecified atom stereocenters. The smallest absolute Gasteiger partial charge is 0.337 e. The molecule has 0 atom stereocenters. The Morgan fingerprint density at radius 2 is 1.92 bits per heavy atom. The lowest BCUT2D eigenvalue weighted by Gasteiger charge is -2.10. The van der Waals surface area contributed by atoms with E-state index in [-0.39, 0.29) is 12.5 Å². The molecule has 3 aromatic rings. The molecule has 0 saturated heterocycles. The van der Waals surface area contributed by atoms with E-state index in [0.717, 1.165) is 0 Å². The van der Waals surface area contributed by atoms with Gasteiger partial charge in [-0.1, -0.05) is 23.7 Å². The van der Waals surface area contributed by atoms with E-state index in [2.05, 4.69) is 14.9 Å². The molecule has 26 heavy (non-hydrogen) atoms. The van der Waals surface area contributed by atoms with E-state index in [0.29, 0.717) is 33.5 Å². The number of aromatic nitrogens is 2. The molecule has 0 radical (unpaired) electrons. The minimum absolute atomic E-state index is 0.0331. The standard InChI is InChI=1S/C18H15ClN2O5/c1-23-15-9-11(18(22)24-2)7-8-14(15)25-10-16-20-21-17(26-16)12-5-3-4-6-13(12)19/h3-9H,10H2,1-2H3. The fraction of sp³-hybridized carbons (Fsp3) is 0.167. The Labute approximate surface area is 154 Å². The molecule has 3 rings (SSSR count). The van der Waals surface area contributed by atoms with E-state index < -0.39 is 5.97 Å². The average molecular weight is 375 g/mol. The normalized spacial score (nSPS) is 10.4. The molecule has 8 heteroatoms. The second-order valence-corrected chi connectivity index (χ2v) is 5.53. The summed E-state index contributed by atoms with van der Waals surface area (Å²) in [4.78, 5) is 11.6. The van der Waals surface area contributed by atoms with Crippen LogP contribution in [0.25, 0.3) is 11.5 Å². The first kappa shape index (κ1) is 17.8. The van der Waals surface area contributed by atoms with Gasteiger partial charge in [-0.05, 0) is 30.3 Å². The van der Waals surface area contributed by atoms with Crippen LogP contribution in [-0.4, -0.2) is 30.4 Å². The number of hydrogen-bond acceptors (Lipinski definition) is 7. The van der Waals surface area contributed by atoms with Crippen LogP contribution in [0.2, 0.25) is 5.02 Å². The fourth-order valence-electron chi connectivity index (χ4n) is 2.23. The maximum atomic E-state index is 11.6. The van der Waals surface area contributed by atoms with Crippen LogP contribution in [0.15, 0.2) is 46.9 Å². The SMILES string of the molecule is COC(=O)c1ccc(OCc2nnc(-c3ccccc3Cl)o2)c(OC)c1. The summed E-state index contributed by atoms with van der Waals surface area (Å²) in [6.07, 6.45) is 0. The lowest BCUT2D eigenvalue weighted by Crippen LogP contribution is -2.03. The first-order valence-electron chi connectivity index (χ1n) is 7.59. The predicted molar refractivity (Wildman–Crippen MR) is 93.4 cm³/mol. The highest BCUT2D eigenvalue weighted by molar-refractivity contribution is 6.33. The first-order valence-corrected chi connectivity index (χ1v) is 7.96. The van der Waals surface area contributed by atoms with Crippen molar-refractivity contribution in [1.29, 1.82) is 0 Å². The van der Waals surface area contributed by atoms with Gasteiger partial charge in [-0.25, -0.2) is 4.79 Å². The maximum Gasteiger partial charge on any atom is 0.337 e. The second kappa shape index (κ2) is 7.88. The van der Waals surface area contributed by atoms with Crippen molar-refractivity contribution in [1.82, 2.24) is 10.2 Å². The van der Waals surface area contributed by atoms with Gasteiger partial charge in [0.25, 0.3) is 5.89 Å². The Morgan fingerprint density at radius 1 is 1.12 bits per heavy atom. The van der Waals surface area contributed by atoms with Crippen LogP contribution >= 0.6 is 11.6 Å². The molecule has 0 N–H and O–H groups in total. The molecule has 0 fully saturated rings. The number of nitrogens with zero attached hydrogens (tertiary/aromatic N) is 2. The van der Waals surface area contributed by atoms with Crippen LogP contribution in [0.5, 0.6) is 11.5 Å². The molecule has 0 aliphatic heterocycles. The molecular weight excluding hydrogens is 360 g/mol. The zero-order chi connectivity index (χ0) is 18.5. The number of carbonyl (C=O) groups excluding carboxylic acids is 1. The van der Waals surface area contributed by atoms with Gasteiger partial charge in [-0.3, -0.25) is 0 Å². The number of rotatable bonds is 6. The van der Waals surface area contributed by atoms with Gasteiger partial charge in [0.1, 0.15) is 0 Å². The van der Waals surface area contributed by atoms with Crippen molar-refractivity contribution >= 4 is 17.6 Å². The number of hydrogen-bond donors (Lipinski definition) is 0. The highest BCUT2D eigenvalue weighted by atomic mass is 35.5. The van der Waals surface area contributed by atoms with Crippen LogP contribution in [-0.2, 0) is 11.3 Å². The van der Waals surface area contributed by atoms with Crippen molar-refractivity contribution in [2.24, 2.45) is 0 Å². The molecule has 0 bridgehead atoms. The number of carbonyl (C=O) groups is 1. The highest BCUT2D eigenvalue weighted by Crippen LogP contribution is 2.30. The molecule has 2 aromatic carbocycles. The van der Waals surface area contributed by atoms with Crippen molar-refractivity contribution < 1.29 is 23.4 Å². The lowest BCUT2D eigenvalue weighted by molar-refractivity contribution is 0.0600. The van der Waals surface area contributed by atoms with Gasteiger partial charge in [0.05, 0.1) is 30.4 Å². The van der Waals surface area contributed by atoms with Crippen LogP contribution in [0.1, 0.15) is 16.2 Å². The third-order valence-corrected chi connectivity index (χ3v) is 3.84. The van der Waals surface area contributed by atoms with Crippen LogP contribution in [0.3, 0.4) is 0 Å². The summed E-state index contributed by atoms with van der Waals surface area (Å²) < 4.78 is 21.2. The summed E-state index contributed by atoms with van der Waals surface area (Å²) in [5.74, 6) is 0.939. The molecule has 7 nitrogen and oxygen atoms in total. The number of ether oxygens (including phenoxy) is 3. The topological polar surface area (TPSA) is 83.7 Å². The van der Waals surface area contributed by atoms with Gasteiger partial charge in [-0.15, -0.1) is 10.2 Å². The van der Waals surface area contributed by atoms with Gasteiger partial charge in [0.15, 0.2) is 18.1 Å². The van der Waals surface area contributed by atoms with Crippen LogP contribution in [0.4, 0.5) is 0 Å². The Kier molecular flexibility index (Phi) is 5.38. The zero-order valence-electron chi connectivity index (χ0n) is 14.1. The predicted octanol–water partition coefficient (Wildman–Crippen LogP) is 3.76. The molecule has 0 aliphatic rings. The van der Waals surface area contributed by atoms with Crippen molar-refractivity contribution in [3.8, 4) is 23.0 Å². The zero-order valence-corrected chi connectivity index (χ0v) is 14.8. The van der Waals surface area contributed by atoms with Crippen LogP contribution in [0, 0.1) is 0 Å². The van der Waals surface area contributed by atoms with Crippen molar-refractivity contribution in [2.75, 3.05) is 14.2 Å². The van der Waals surface area contributed by atoms with Crippen molar-refractivity contribution in [3.63, 3.8) is 0 Å². The average Bonchev–Trinajstić information content (AvgIpc) is 3.14. The molecule has 0 spiro atoms. The van der Waals surface area contributed by atoms with Gasteiger partial charge in [0.2, 0.25) is 5.89 Å². The number of methoxy groups -OCH3 is 2. The van der Waals surface area contributed by atoms with E-state index in [4.69, 9.17) is 25.5 Å². The summed E-state index contributed by atoms with van der Waals surface area (Å²) in [6, 6.07) is 11.9. The van der Waals surface area contributed by atoms with E-state index in [1.165, 1.54) is 20.3 Å². The largest absolute Gasteiger partial charge is 0.493 e. The summed E-state index contributed by atoms with van der Waals surface area (Å²) in [7, 11) is 2.79. The van der Waals surface area contributed by atoms with E-state index >= 15 is 0 Å². The number of esters is 1. The summed E-state index contributed by atoms with van der Waals surface area (Å²) in [6.45, 7) is 0.0331. The monoisotopic (exact) mass is 374 g/mol. The highest BCUT2D eigenvalue weighted by Gasteiger charge is 2.14. The molecule has 1 heterocycles. The van der Waals surface area contributed by atoms with Gasteiger partial charge in [-0.2, -0.15) is 0 Å². The van der Waals surface area contributed by atoms with Gasteiger partial charge in [0, 0.05) is 0 Å². The number of halogens is 1. The van der Waals surface area contributed by atoms with Gasteiger partial charge >= 0.3 is 5.97 Å². The summed E-state index contributed by atoms with van der Waals surface area (Å²) in [5.41, 5.74) is 1.00. The van der Waals surface area contributed by atoms with E-state index in [1.807, 2.05) is 12.1 Å². The van der Waals surface area contributed by atoms with Crippen molar-refractivity contribution in [2.45, 2.75) is 6.61 Å². The van der Waals surface area contributed by atoms with Crippen LogP contribution < -0.4 is 9.47 Å². The summed E-state index contributed by atoms with van der Waals surface area (Å²) >= 11 is 6.12. The third kappa shape index (κ3) is 3.78. The Morgan fingerprint density at radius 3 is 2.65 bits per heavy atom. The Hall–Kier alpha value is -3.06. The lowest BCUT2D eigenvalue weighted by atomic mass is 10.2. The molecular formula is C18H15ClN2O5. The fourth-order valence-corrected chi connectivity index (χ4v) is 2.44. The minimum atomic E-state index is -0.462. The van der Waals surface area contributed by atoms with Gasteiger partial charge < -0.3 is 18.6 Å². The van der Waals surface area contributed by atoms with E-state index in [9.17, 15) is 4.79 Å².